The van der Waals surface area contributed by atoms with Crippen molar-refractivity contribution in [2.75, 3.05) is 0 Å². The number of hydrogen-bond donors (Lipinski definition) is 0. The van der Waals surface area contributed by atoms with Gasteiger partial charge >= 0.3 is 45.5 Å². The summed E-state index contributed by atoms with van der Waals surface area (Å²) >= 11 is 0. The van der Waals surface area contributed by atoms with E-state index in [2.05, 4.69) is 0 Å². The van der Waals surface area contributed by atoms with Crippen LogP contribution in [0.1, 0.15) is 0 Å². The van der Waals surface area contributed by atoms with Crippen LogP contribution >= 0.6 is 0 Å². The summed E-state index contributed by atoms with van der Waals surface area (Å²) in [5.74, 6) is 0. The third-order valence-electron chi connectivity index (χ3n) is 0. The molecule has 1 radical (unpaired) electrons. The van der Waals surface area contributed by atoms with Crippen LogP contribution in [0.3, 0.4) is 0 Å². The second-order valence-corrected chi connectivity index (χ2v) is 0. The molecule has 19 valence electrons. The number of hydrogen-bond acceptors (Lipinski definition) is 0. The standard InChI is InChI=1S/Al.BH3.La.Sr.5H/h;1H3;;;;;;;. The van der Waals surface area contributed by atoms with Gasteiger partial charge in [0, 0.05) is 35.6 Å². The van der Waals surface area contributed by atoms with Crippen LogP contribution in [0.2, 0.25) is 0 Å². The van der Waals surface area contributed by atoms with Crippen molar-refractivity contribution in [2.45, 2.75) is 0 Å². The molecule has 0 saturated heterocycles. The summed E-state index contributed by atoms with van der Waals surface area (Å²) in [6.45, 7) is 0. The van der Waals surface area contributed by atoms with E-state index in [1.54, 1.807) is 0 Å². The van der Waals surface area contributed by atoms with Gasteiger partial charge in [0.1, 0.15) is 0 Å². The zero-order valence-electron chi connectivity index (χ0n) is 0.577. The second-order valence-electron chi connectivity index (χ2n) is 0. The summed E-state index contributed by atoms with van der Waals surface area (Å²) in [5.41, 5.74) is 0. The van der Waals surface area contributed by atoms with E-state index >= 15 is 0 Å². The first-order chi connectivity index (χ1) is 0. The van der Waals surface area contributed by atoms with Crippen molar-refractivity contribution in [3.8, 4) is 0 Å². The van der Waals surface area contributed by atoms with Crippen LogP contribution in [0.5, 0.6) is 0 Å². The van der Waals surface area contributed by atoms with Gasteiger partial charge in [-0.25, -0.2) is 0 Å². The van der Waals surface area contributed by atoms with E-state index in [1.165, 1.54) is 0 Å². The van der Waals surface area contributed by atoms with Gasteiger partial charge in [0.2, 0.25) is 0 Å². The molecule has 0 amide bonds. The Morgan fingerprint density at radius 2 is 1.00 bits per heavy atom. The molecule has 0 rings (SSSR count). The molecule has 0 saturated carbocycles. The summed E-state index contributed by atoms with van der Waals surface area (Å²) in [7, 11) is 0. The Balaban J connectivity index is 0. The van der Waals surface area contributed by atoms with Crippen molar-refractivity contribution in [2.24, 2.45) is 0 Å². The van der Waals surface area contributed by atoms with Gasteiger partial charge in [-0.2, -0.15) is 0 Å². The minimum absolute atomic E-state index is 0. The topological polar surface area (TPSA) is 0 Å². The first-order valence-corrected chi connectivity index (χ1v) is 0. The van der Waals surface area contributed by atoms with Crippen molar-refractivity contribution in [1.29, 1.82) is 0 Å². The van der Waals surface area contributed by atoms with Crippen molar-refractivity contribution in [3.63, 3.8) is 0 Å². The first kappa shape index (κ1) is 26.7. The molecule has 0 aromatic heterocycles. The van der Waals surface area contributed by atoms with E-state index in [1.807, 2.05) is 0 Å². The van der Waals surface area contributed by atoms with Gasteiger partial charge in [-0.05, 0) is 0 Å². The summed E-state index contributed by atoms with van der Waals surface area (Å²) in [6.07, 6.45) is 0. The molecule has 0 atom stereocenters. The quantitative estimate of drug-likeness (QED) is 0.406. The zero-order chi connectivity index (χ0) is 0. The van der Waals surface area contributed by atoms with Crippen LogP contribution in [-0.4, -0.2) is 71.3 Å². The van der Waals surface area contributed by atoms with E-state index < -0.39 is 0 Å². The van der Waals surface area contributed by atoms with Gasteiger partial charge in [0.05, 0.1) is 8.41 Å². The molecule has 4 heteroatoms. The molecular weight excluding hydrogens is 264 g/mol. The average molecular weight is 272 g/mol. The molecule has 0 aromatic carbocycles. The normalized spacial score (nSPS) is 0. The Labute approximate surface area is 104 Å². The monoisotopic (exact) mass is 273 g/mol. The molecular formula is H8AlBLaSr. The third-order valence-corrected chi connectivity index (χ3v) is 0. The first-order valence-electron chi connectivity index (χ1n) is 0. The minimum atomic E-state index is 0. The summed E-state index contributed by atoms with van der Waals surface area (Å²) < 4.78 is 0. The van der Waals surface area contributed by atoms with Crippen LogP contribution < -0.4 is 0 Å². The van der Waals surface area contributed by atoms with Gasteiger partial charge in [0.25, 0.3) is 0 Å². The van der Waals surface area contributed by atoms with Crippen molar-refractivity contribution < 1.29 is 35.6 Å². The predicted octanol–water partition coefficient (Wildman–Crippen LogP) is -3.28. The zero-order valence-corrected chi connectivity index (χ0v) is 4.20. The van der Waals surface area contributed by atoms with Gasteiger partial charge in [0.15, 0.2) is 17.4 Å². The fourth-order valence-electron chi connectivity index (χ4n) is 0. The molecule has 0 fully saturated rings. The summed E-state index contributed by atoms with van der Waals surface area (Å²) in [4.78, 5) is 0. The van der Waals surface area contributed by atoms with Gasteiger partial charge in [-0.1, -0.05) is 0 Å². The van der Waals surface area contributed by atoms with Crippen LogP contribution in [0.25, 0.3) is 0 Å². The van der Waals surface area contributed by atoms with Crippen LogP contribution in [0.15, 0.2) is 0 Å². The van der Waals surface area contributed by atoms with Gasteiger partial charge in [-0.15, -0.1) is 0 Å². The second kappa shape index (κ2) is 16.3. The maximum atomic E-state index is 0. The molecule has 0 aliphatic rings. The number of rotatable bonds is 0. The molecule has 0 aromatic rings. The molecule has 0 aliphatic heterocycles. The molecule has 0 unspecified atom stereocenters. The molecule has 0 N–H and O–H groups in total. The SMILES string of the molecule is B.[AlH3].[La].[SrH2]. The molecule has 0 heterocycles. The van der Waals surface area contributed by atoms with Crippen molar-refractivity contribution in [1.82, 2.24) is 0 Å². The third kappa shape index (κ3) is 8.99. The molecule has 0 bridgehead atoms. The van der Waals surface area contributed by atoms with Gasteiger partial charge in [-0.3, -0.25) is 0 Å². The van der Waals surface area contributed by atoms with E-state index in [9.17, 15) is 0 Å². The summed E-state index contributed by atoms with van der Waals surface area (Å²) in [5, 5.41) is 0. The van der Waals surface area contributed by atoms with Crippen molar-refractivity contribution >= 4 is 71.3 Å². The Hall–Kier alpha value is 3.27. The summed E-state index contributed by atoms with van der Waals surface area (Å²) in [6, 6.07) is 0. The maximum absolute atomic E-state index is 0. The Morgan fingerprint density at radius 3 is 1.00 bits per heavy atom. The van der Waals surface area contributed by atoms with Crippen LogP contribution in [0.4, 0.5) is 0 Å². The van der Waals surface area contributed by atoms with E-state index in [0.29, 0.717) is 0 Å². The van der Waals surface area contributed by atoms with Crippen LogP contribution in [0, 0.1) is 35.6 Å². The van der Waals surface area contributed by atoms with Crippen LogP contribution in [-0.2, 0) is 0 Å². The Bertz CT molecular complexity index is 8.00. The van der Waals surface area contributed by atoms with E-state index in [-0.39, 0.29) is 107 Å². The Kier molecular flexibility index (Phi) is 109. The average Bonchev–Trinajstić information content (AvgIpc) is 0. The molecule has 0 nitrogen and oxygen atoms in total. The fraction of sp³-hybridized carbons (Fsp3) is 0. The molecule has 4 heavy (non-hydrogen) atoms. The Morgan fingerprint density at radius 1 is 1.00 bits per heavy atom. The van der Waals surface area contributed by atoms with Crippen molar-refractivity contribution in [3.05, 3.63) is 0 Å². The predicted molar refractivity (Wildman–Crippen MR) is 28.4 cm³/mol. The molecule has 0 spiro atoms. The van der Waals surface area contributed by atoms with E-state index in [4.69, 9.17) is 0 Å². The molecule has 0 aliphatic carbocycles. The van der Waals surface area contributed by atoms with Gasteiger partial charge < -0.3 is 0 Å². The van der Waals surface area contributed by atoms with E-state index in [0.717, 1.165) is 0 Å². The fourth-order valence-corrected chi connectivity index (χ4v) is 0.